The van der Waals surface area contributed by atoms with Crippen LogP contribution in [-0.4, -0.2) is 0 Å². The number of unbranched alkanes of at least 4 members (excludes halogenated alkanes) is 3. The molecule has 0 heteroatoms. The molecule has 1 aliphatic rings. The van der Waals surface area contributed by atoms with Crippen LogP contribution < -0.4 is 0 Å². The lowest BCUT2D eigenvalue weighted by atomic mass is 9.96. The number of rotatable bonds is 6. The topological polar surface area (TPSA) is 0 Å². The van der Waals surface area contributed by atoms with Crippen LogP contribution in [0.25, 0.3) is 17.2 Å². The molecule has 0 nitrogen and oxygen atoms in total. The lowest BCUT2D eigenvalue weighted by Gasteiger charge is -2.08. The van der Waals surface area contributed by atoms with Crippen LogP contribution >= 0.6 is 0 Å². The second kappa shape index (κ2) is 6.96. The number of fused-ring (bicyclic) bond motifs is 1. The van der Waals surface area contributed by atoms with Crippen LogP contribution in [0.2, 0.25) is 0 Å². The third-order valence-corrected chi connectivity index (χ3v) is 4.68. The quantitative estimate of drug-likeness (QED) is 0.528. The maximum absolute atomic E-state index is 2.45. The van der Waals surface area contributed by atoms with Gasteiger partial charge in [-0.15, -0.1) is 0 Å². The number of allylic oxidation sites excluding steroid dienone is 1. The van der Waals surface area contributed by atoms with Gasteiger partial charge < -0.3 is 0 Å². The third-order valence-electron chi connectivity index (χ3n) is 4.68. The van der Waals surface area contributed by atoms with Crippen molar-refractivity contribution >= 4 is 6.08 Å². The summed E-state index contributed by atoms with van der Waals surface area (Å²) >= 11 is 0. The van der Waals surface area contributed by atoms with Gasteiger partial charge in [0.05, 0.1) is 0 Å². The van der Waals surface area contributed by atoms with Crippen molar-refractivity contribution in [1.82, 2.24) is 0 Å². The van der Waals surface area contributed by atoms with Crippen molar-refractivity contribution in [2.75, 3.05) is 0 Å². The Morgan fingerprint density at radius 2 is 1.73 bits per heavy atom. The zero-order valence-corrected chi connectivity index (χ0v) is 13.9. The van der Waals surface area contributed by atoms with Gasteiger partial charge in [-0.3, -0.25) is 0 Å². The lowest BCUT2D eigenvalue weighted by Crippen LogP contribution is -1.88. The van der Waals surface area contributed by atoms with Gasteiger partial charge in [0.15, 0.2) is 0 Å². The smallest absolute Gasteiger partial charge is 0.00576 e. The van der Waals surface area contributed by atoms with E-state index in [1.807, 2.05) is 0 Å². The first-order chi connectivity index (χ1) is 10.8. The highest BCUT2D eigenvalue weighted by Crippen LogP contribution is 2.35. The Bertz CT molecular complexity index is 659. The van der Waals surface area contributed by atoms with Crippen molar-refractivity contribution in [2.45, 2.75) is 52.4 Å². The van der Waals surface area contributed by atoms with E-state index in [4.69, 9.17) is 0 Å². The lowest BCUT2D eigenvalue weighted by molar-refractivity contribution is 0.662. The van der Waals surface area contributed by atoms with E-state index in [9.17, 15) is 0 Å². The minimum absolute atomic E-state index is 1.15. The largest absolute Gasteiger partial charge is 0.0654 e. The fourth-order valence-corrected chi connectivity index (χ4v) is 3.36. The molecule has 0 aromatic heterocycles. The standard InChI is InChI=1S/C22H26/c1-3-4-5-6-8-18-15-20-9-7-10-21(22(20)16-18)19-13-11-17(2)12-14-19/h7,9-14,16H,3-6,8,15H2,1-2H3. The number of benzene rings is 2. The van der Waals surface area contributed by atoms with Crippen LogP contribution in [0.3, 0.4) is 0 Å². The van der Waals surface area contributed by atoms with E-state index in [2.05, 4.69) is 62.4 Å². The summed E-state index contributed by atoms with van der Waals surface area (Å²) in [6.07, 6.45) is 10.3. The van der Waals surface area contributed by atoms with Gasteiger partial charge in [-0.25, -0.2) is 0 Å². The summed E-state index contributed by atoms with van der Waals surface area (Å²) in [5.74, 6) is 0. The Morgan fingerprint density at radius 3 is 2.50 bits per heavy atom. The predicted molar refractivity (Wildman–Crippen MR) is 97.1 cm³/mol. The summed E-state index contributed by atoms with van der Waals surface area (Å²) in [6, 6.07) is 15.7. The van der Waals surface area contributed by atoms with Gasteiger partial charge in [-0.1, -0.05) is 85.9 Å². The zero-order valence-electron chi connectivity index (χ0n) is 13.9. The Labute approximate surface area is 134 Å². The highest BCUT2D eigenvalue weighted by molar-refractivity contribution is 5.80. The van der Waals surface area contributed by atoms with E-state index in [1.165, 1.54) is 59.9 Å². The molecule has 1 aliphatic carbocycles. The maximum Gasteiger partial charge on any atom is -0.00576 e. The summed E-state index contributed by atoms with van der Waals surface area (Å²) < 4.78 is 0. The predicted octanol–water partition coefficient (Wildman–Crippen LogP) is 6.57. The van der Waals surface area contributed by atoms with Gasteiger partial charge in [0.2, 0.25) is 0 Å². The third kappa shape index (κ3) is 3.32. The number of hydrogen-bond donors (Lipinski definition) is 0. The summed E-state index contributed by atoms with van der Waals surface area (Å²) in [5.41, 5.74) is 8.63. The molecule has 0 spiro atoms. The summed E-state index contributed by atoms with van der Waals surface area (Å²) in [7, 11) is 0. The van der Waals surface area contributed by atoms with Gasteiger partial charge >= 0.3 is 0 Å². The van der Waals surface area contributed by atoms with E-state index in [-0.39, 0.29) is 0 Å². The van der Waals surface area contributed by atoms with Crippen molar-refractivity contribution in [3.63, 3.8) is 0 Å². The first-order valence-electron chi connectivity index (χ1n) is 8.66. The van der Waals surface area contributed by atoms with Crippen LogP contribution in [-0.2, 0) is 6.42 Å². The van der Waals surface area contributed by atoms with E-state index < -0.39 is 0 Å². The average molecular weight is 290 g/mol. The number of aryl methyl sites for hydroxylation is 1. The molecule has 22 heavy (non-hydrogen) atoms. The Balaban J connectivity index is 1.80. The van der Waals surface area contributed by atoms with E-state index in [0.717, 1.165) is 6.42 Å². The molecule has 2 aromatic carbocycles. The molecule has 3 rings (SSSR count). The van der Waals surface area contributed by atoms with Crippen molar-refractivity contribution in [3.05, 3.63) is 64.7 Å². The summed E-state index contributed by atoms with van der Waals surface area (Å²) in [5, 5.41) is 0. The molecule has 0 saturated carbocycles. The minimum Gasteiger partial charge on any atom is -0.0654 e. The molecule has 0 atom stereocenters. The minimum atomic E-state index is 1.15. The van der Waals surface area contributed by atoms with Gasteiger partial charge in [-0.2, -0.15) is 0 Å². The Hall–Kier alpha value is -1.82. The van der Waals surface area contributed by atoms with Crippen LogP contribution in [0.15, 0.2) is 48.0 Å². The van der Waals surface area contributed by atoms with Crippen molar-refractivity contribution in [2.24, 2.45) is 0 Å². The molecule has 2 aromatic rings. The zero-order chi connectivity index (χ0) is 15.4. The fraction of sp³-hybridized carbons (Fsp3) is 0.364. The molecule has 0 radical (unpaired) electrons. The summed E-state index contributed by atoms with van der Waals surface area (Å²) in [6.45, 7) is 4.42. The van der Waals surface area contributed by atoms with E-state index >= 15 is 0 Å². The van der Waals surface area contributed by atoms with Gasteiger partial charge in [0.25, 0.3) is 0 Å². The SMILES string of the molecule is CCCCCCC1=Cc2c(cccc2-c2ccc(C)cc2)C1. The molecule has 0 saturated heterocycles. The molecular weight excluding hydrogens is 264 g/mol. The first kappa shape index (κ1) is 15.1. The molecule has 0 heterocycles. The van der Waals surface area contributed by atoms with Crippen molar-refractivity contribution in [3.8, 4) is 11.1 Å². The van der Waals surface area contributed by atoms with Gasteiger partial charge in [0, 0.05) is 0 Å². The van der Waals surface area contributed by atoms with Crippen LogP contribution in [0.1, 0.15) is 55.7 Å². The molecule has 0 fully saturated rings. The maximum atomic E-state index is 2.45. The molecule has 0 amide bonds. The normalized spacial score (nSPS) is 13.1. The first-order valence-corrected chi connectivity index (χ1v) is 8.66. The molecular formula is C22H26. The molecule has 0 bridgehead atoms. The van der Waals surface area contributed by atoms with E-state index in [1.54, 1.807) is 5.57 Å². The van der Waals surface area contributed by atoms with Crippen LogP contribution in [0.5, 0.6) is 0 Å². The second-order valence-corrected chi connectivity index (χ2v) is 6.53. The highest BCUT2D eigenvalue weighted by atomic mass is 14.2. The van der Waals surface area contributed by atoms with Crippen LogP contribution in [0.4, 0.5) is 0 Å². The molecule has 114 valence electrons. The van der Waals surface area contributed by atoms with Gasteiger partial charge in [-0.05, 0) is 48.4 Å². The average Bonchev–Trinajstić information content (AvgIpc) is 2.95. The fourth-order valence-electron chi connectivity index (χ4n) is 3.36. The number of hydrogen-bond acceptors (Lipinski definition) is 0. The molecule has 0 unspecified atom stereocenters. The second-order valence-electron chi connectivity index (χ2n) is 6.53. The molecule has 0 aliphatic heterocycles. The van der Waals surface area contributed by atoms with Crippen molar-refractivity contribution < 1.29 is 0 Å². The van der Waals surface area contributed by atoms with E-state index in [0.29, 0.717) is 0 Å². The highest BCUT2D eigenvalue weighted by Gasteiger charge is 2.16. The van der Waals surface area contributed by atoms with Crippen LogP contribution in [0, 0.1) is 6.92 Å². The Kier molecular flexibility index (Phi) is 4.77. The summed E-state index contributed by atoms with van der Waals surface area (Å²) in [4.78, 5) is 0. The van der Waals surface area contributed by atoms with Gasteiger partial charge in [0.1, 0.15) is 0 Å². The van der Waals surface area contributed by atoms with Crippen molar-refractivity contribution in [1.29, 1.82) is 0 Å². The molecule has 0 N–H and O–H groups in total. The Morgan fingerprint density at radius 1 is 0.909 bits per heavy atom. The monoisotopic (exact) mass is 290 g/mol.